The van der Waals surface area contributed by atoms with E-state index in [1.54, 1.807) is 36.2 Å². The normalized spacial score (nSPS) is 21.6. The first-order valence-corrected chi connectivity index (χ1v) is 6.96. The van der Waals surface area contributed by atoms with Crippen molar-refractivity contribution in [3.63, 3.8) is 0 Å². The zero-order valence-corrected chi connectivity index (χ0v) is 12.0. The zero-order chi connectivity index (χ0) is 15.0. The van der Waals surface area contributed by atoms with Crippen molar-refractivity contribution in [3.8, 4) is 0 Å². The molecule has 6 nitrogen and oxygen atoms in total. The number of aromatic nitrogens is 2. The third-order valence-electron chi connectivity index (χ3n) is 4.05. The van der Waals surface area contributed by atoms with Gasteiger partial charge in [0.2, 0.25) is 0 Å². The number of benzene rings is 1. The largest absolute Gasteiger partial charge is 0.376 e. The number of hydrogen-bond acceptors (Lipinski definition) is 4. The number of carbonyl (C=O) groups excluding carboxylic acids is 1. The van der Waals surface area contributed by atoms with Crippen molar-refractivity contribution in [1.82, 2.24) is 15.1 Å². The quantitative estimate of drug-likeness (QED) is 0.899. The average Bonchev–Trinajstić information content (AvgIpc) is 2.93. The molecule has 0 spiro atoms. The molecule has 2 heterocycles. The molecule has 1 amide bonds. The second-order valence-corrected chi connectivity index (χ2v) is 5.29. The Balaban J connectivity index is 2.02. The first-order chi connectivity index (χ1) is 10.1. The molecule has 1 N–H and O–H groups in total. The first kappa shape index (κ1) is 13.8. The van der Waals surface area contributed by atoms with Gasteiger partial charge in [-0.05, 0) is 19.4 Å². The molecule has 2 unspecified atom stereocenters. The number of fused-ring (bicyclic) bond motifs is 1. The highest BCUT2D eigenvalue weighted by molar-refractivity contribution is 6.04. The Morgan fingerprint density at radius 1 is 1.38 bits per heavy atom. The molecule has 3 rings (SSSR count). The van der Waals surface area contributed by atoms with Gasteiger partial charge in [-0.15, -0.1) is 0 Å². The molecule has 6 heteroatoms. The monoisotopic (exact) mass is 287 g/mol. The van der Waals surface area contributed by atoms with Crippen LogP contribution in [0.5, 0.6) is 0 Å². The van der Waals surface area contributed by atoms with Crippen LogP contribution in [0.3, 0.4) is 0 Å². The lowest BCUT2D eigenvalue weighted by molar-refractivity contribution is 0.0570. The number of hydrogen-bond donors (Lipinski definition) is 1. The molecule has 1 saturated heterocycles. The first-order valence-electron chi connectivity index (χ1n) is 6.96. The van der Waals surface area contributed by atoms with Crippen molar-refractivity contribution in [1.29, 1.82) is 0 Å². The van der Waals surface area contributed by atoms with Crippen molar-refractivity contribution >= 4 is 16.7 Å². The molecular formula is C15H17N3O3. The van der Waals surface area contributed by atoms with Crippen LogP contribution >= 0.6 is 0 Å². The molecule has 1 fully saturated rings. The summed E-state index contributed by atoms with van der Waals surface area (Å²) in [6.45, 7) is 2.61. The van der Waals surface area contributed by atoms with E-state index in [0.29, 0.717) is 17.4 Å². The van der Waals surface area contributed by atoms with Crippen LogP contribution in [0.4, 0.5) is 0 Å². The van der Waals surface area contributed by atoms with E-state index < -0.39 is 0 Å². The fourth-order valence-electron chi connectivity index (χ4n) is 2.82. The number of ether oxygens (including phenoxy) is 1. The van der Waals surface area contributed by atoms with Gasteiger partial charge in [0.15, 0.2) is 5.69 Å². The van der Waals surface area contributed by atoms with Crippen LogP contribution in [0.2, 0.25) is 0 Å². The Morgan fingerprint density at radius 2 is 2.10 bits per heavy atom. The minimum atomic E-state index is -0.289. The van der Waals surface area contributed by atoms with Crippen molar-refractivity contribution in [3.05, 3.63) is 40.3 Å². The molecule has 1 aromatic carbocycles. The van der Waals surface area contributed by atoms with Crippen LogP contribution in [-0.2, 0) is 4.74 Å². The van der Waals surface area contributed by atoms with E-state index >= 15 is 0 Å². The van der Waals surface area contributed by atoms with E-state index in [9.17, 15) is 9.59 Å². The van der Waals surface area contributed by atoms with E-state index in [2.05, 4.69) is 10.2 Å². The highest BCUT2D eigenvalue weighted by atomic mass is 16.5. The summed E-state index contributed by atoms with van der Waals surface area (Å²) in [5, 5.41) is 7.40. The van der Waals surface area contributed by atoms with Crippen LogP contribution < -0.4 is 5.56 Å². The summed E-state index contributed by atoms with van der Waals surface area (Å²) in [7, 11) is 1.75. The van der Waals surface area contributed by atoms with Gasteiger partial charge in [-0.2, -0.15) is 5.10 Å². The van der Waals surface area contributed by atoms with Crippen LogP contribution in [0, 0.1) is 0 Å². The second kappa shape index (κ2) is 5.29. The summed E-state index contributed by atoms with van der Waals surface area (Å²) < 4.78 is 5.51. The molecule has 0 radical (unpaired) electrons. The Labute approximate surface area is 121 Å². The van der Waals surface area contributed by atoms with Gasteiger partial charge in [0.1, 0.15) is 0 Å². The molecule has 1 aliphatic heterocycles. The summed E-state index contributed by atoms with van der Waals surface area (Å²) >= 11 is 0. The molecule has 0 aliphatic carbocycles. The highest BCUT2D eigenvalue weighted by Crippen LogP contribution is 2.21. The van der Waals surface area contributed by atoms with Crippen molar-refractivity contribution in [2.45, 2.75) is 25.5 Å². The van der Waals surface area contributed by atoms with E-state index in [4.69, 9.17) is 4.74 Å². The number of likely N-dealkylation sites (N-methyl/N-ethyl adjacent to an activating group) is 1. The SMILES string of the molecule is CC1OCCC1N(C)C(=O)c1n[nH]c(=O)c2ccccc12. The highest BCUT2D eigenvalue weighted by Gasteiger charge is 2.32. The van der Waals surface area contributed by atoms with Gasteiger partial charge in [-0.3, -0.25) is 9.59 Å². The van der Waals surface area contributed by atoms with Crippen molar-refractivity contribution < 1.29 is 9.53 Å². The van der Waals surface area contributed by atoms with E-state index in [0.717, 1.165) is 6.42 Å². The lowest BCUT2D eigenvalue weighted by Gasteiger charge is -2.26. The van der Waals surface area contributed by atoms with Gasteiger partial charge in [0.25, 0.3) is 11.5 Å². The smallest absolute Gasteiger partial charge is 0.275 e. The predicted molar refractivity (Wildman–Crippen MR) is 78.3 cm³/mol. The summed E-state index contributed by atoms with van der Waals surface area (Å²) in [6, 6.07) is 7.02. The Morgan fingerprint density at radius 3 is 2.76 bits per heavy atom. The molecule has 2 aromatic rings. The molecular weight excluding hydrogens is 270 g/mol. The number of rotatable bonds is 2. The Kier molecular flexibility index (Phi) is 3.47. The molecule has 110 valence electrons. The van der Waals surface area contributed by atoms with Gasteiger partial charge in [-0.1, -0.05) is 18.2 Å². The maximum absolute atomic E-state index is 12.7. The van der Waals surface area contributed by atoms with Gasteiger partial charge < -0.3 is 9.64 Å². The molecule has 1 aliphatic rings. The number of carbonyl (C=O) groups is 1. The molecule has 21 heavy (non-hydrogen) atoms. The third-order valence-corrected chi connectivity index (χ3v) is 4.05. The lowest BCUT2D eigenvalue weighted by atomic mass is 10.1. The van der Waals surface area contributed by atoms with Crippen LogP contribution in [-0.4, -0.2) is 46.8 Å². The molecule has 0 saturated carbocycles. The van der Waals surface area contributed by atoms with Crippen LogP contribution in [0.25, 0.3) is 10.8 Å². The van der Waals surface area contributed by atoms with Crippen molar-refractivity contribution in [2.75, 3.05) is 13.7 Å². The number of nitrogens with zero attached hydrogens (tertiary/aromatic N) is 2. The summed E-state index contributed by atoms with van der Waals surface area (Å²) in [6.07, 6.45) is 0.818. The minimum absolute atomic E-state index is 0.00738. The molecule has 0 bridgehead atoms. The summed E-state index contributed by atoms with van der Waals surface area (Å²) in [5.74, 6) is -0.204. The number of amides is 1. The zero-order valence-electron chi connectivity index (χ0n) is 12.0. The van der Waals surface area contributed by atoms with Crippen LogP contribution in [0.1, 0.15) is 23.8 Å². The van der Waals surface area contributed by atoms with Gasteiger partial charge >= 0.3 is 0 Å². The van der Waals surface area contributed by atoms with Crippen LogP contribution in [0.15, 0.2) is 29.1 Å². The van der Waals surface area contributed by atoms with E-state index in [1.807, 2.05) is 6.92 Å². The Bertz CT molecular complexity index is 740. The topological polar surface area (TPSA) is 75.3 Å². The third kappa shape index (κ3) is 2.31. The standard InChI is InChI=1S/C15H17N3O3/c1-9-12(7-8-21-9)18(2)15(20)13-10-5-3-4-6-11(10)14(19)17-16-13/h3-6,9,12H,7-8H2,1-2H3,(H,17,19). The minimum Gasteiger partial charge on any atom is -0.376 e. The van der Waals surface area contributed by atoms with Gasteiger partial charge in [0.05, 0.1) is 17.5 Å². The Hall–Kier alpha value is -2.21. The predicted octanol–water partition coefficient (Wildman–Crippen LogP) is 1.17. The number of aromatic amines is 1. The van der Waals surface area contributed by atoms with Gasteiger partial charge in [-0.25, -0.2) is 5.10 Å². The maximum Gasteiger partial charge on any atom is 0.275 e. The number of H-pyrrole nitrogens is 1. The lowest BCUT2D eigenvalue weighted by Crippen LogP contribution is -2.41. The fraction of sp³-hybridized carbons (Fsp3) is 0.400. The van der Waals surface area contributed by atoms with E-state index in [-0.39, 0.29) is 29.3 Å². The molecule has 1 aromatic heterocycles. The summed E-state index contributed by atoms with van der Waals surface area (Å²) in [4.78, 5) is 26.1. The second-order valence-electron chi connectivity index (χ2n) is 5.29. The maximum atomic E-state index is 12.7. The number of nitrogens with one attached hydrogen (secondary N) is 1. The van der Waals surface area contributed by atoms with Crippen molar-refractivity contribution in [2.24, 2.45) is 0 Å². The van der Waals surface area contributed by atoms with E-state index in [1.165, 1.54) is 0 Å². The summed E-state index contributed by atoms with van der Waals surface area (Å²) in [5.41, 5.74) is -0.0193. The molecule has 2 atom stereocenters. The fourth-order valence-corrected chi connectivity index (χ4v) is 2.82. The van der Waals surface area contributed by atoms with Gasteiger partial charge in [0, 0.05) is 19.0 Å². The average molecular weight is 287 g/mol.